The third kappa shape index (κ3) is 8.36. The van der Waals surface area contributed by atoms with E-state index in [-0.39, 0.29) is 23.8 Å². The van der Waals surface area contributed by atoms with Gasteiger partial charge in [0.1, 0.15) is 23.3 Å². The monoisotopic (exact) mass is 704 g/mol. The van der Waals surface area contributed by atoms with Gasteiger partial charge < -0.3 is 24.6 Å². The number of benzene rings is 3. The Hall–Kier alpha value is -5.03. The maximum absolute atomic E-state index is 13.5. The molecule has 2 fully saturated rings. The zero-order valence-electron chi connectivity index (χ0n) is 30.6. The number of aromatic nitrogens is 1. The number of β-amino-alcohol motifs (C(OH)–C–C–N with tert-alkyl or cyclic N) is 1. The Bertz CT molecular complexity index is 1960. The van der Waals surface area contributed by atoms with Crippen LogP contribution in [-0.2, 0) is 22.6 Å². The number of aliphatic hydroxyl groups is 1. The number of likely N-dealkylation sites (tertiary alicyclic amines) is 2. The molecule has 0 saturated carbocycles. The molecule has 10 heteroatoms. The van der Waals surface area contributed by atoms with E-state index in [2.05, 4.69) is 82.5 Å². The smallest absolute Gasteiger partial charge is 0.293 e. The number of methoxy groups -OCH3 is 2. The number of ether oxygens (including phenoxy) is 3. The maximum atomic E-state index is 13.5. The quantitative estimate of drug-likeness (QED) is 0.120. The molecule has 3 aromatic carbocycles. The topological polar surface area (TPSA) is 113 Å². The molecule has 4 aromatic rings. The van der Waals surface area contributed by atoms with Gasteiger partial charge in [-0.15, -0.1) is 0 Å². The van der Waals surface area contributed by atoms with E-state index in [4.69, 9.17) is 14.2 Å². The van der Waals surface area contributed by atoms with Crippen molar-refractivity contribution in [3.63, 3.8) is 0 Å². The molecule has 1 amide bonds. The summed E-state index contributed by atoms with van der Waals surface area (Å²) in [7, 11) is 3.29. The van der Waals surface area contributed by atoms with E-state index in [9.17, 15) is 14.7 Å². The lowest BCUT2D eigenvalue weighted by molar-refractivity contribution is -0.132. The zero-order valence-corrected chi connectivity index (χ0v) is 30.6. The average molecular weight is 705 g/mol. The predicted molar refractivity (Wildman–Crippen MR) is 203 cm³/mol. The van der Waals surface area contributed by atoms with Crippen LogP contribution in [0.5, 0.6) is 11.5 Å². The third-order valence-corrected chi connectivity index (χ3v) is 10.3. The van der Waals surface area contributed by atoms with Crippen molar-refractivity contribution >= 4 is 30.2 Å². The number of carbonyl (C=O) groups excluding carboxylic acids is 2. The van der Waals surface area contributed by atoms with E-state index in [0.29, 0.717) is 37.5 Å². The van der Waals surface area contributed by atoms with Crippen molar-refractivity contribution in [2.75, 3.05) is 45.7 Å². The van der Waals surface area contributed by atoms with Gasteiger partial charge in [0.25, 0.3) is 12.4 Å². The van der Waals surface area contributed by atoms with Crippen molar-refractivity contribution < 1.29 is 28.9 Å². The first-order valence-electron chi connectivity index (χ1n) is 17.8. The van der Waals surface area contributed by atoms with Crippen molar-refractivity contribution in [2.45, 2.75) is 58.9 Å². The van der Waals surface area contributed by atoms with Gasteiger partial charge in [-0.2, -0.15) is 0 Å². The summed E-state index contributed by atoms with van der Waals surface area (Å²) in [5.41, 5.74) is 10.5. The molecule has 10 nitrogen and oxygen atoms in total. The highest BCUT2D eigenvalue weighted by molar-refractivity contribution is 6.04. The number of carbonyl (C=O) groups is 2. The van der Waals surface area contributed by atoms with Crippen LogP contribution >= 0.6 is 0 Å². The summed E-state index contributed by atoms with van der Waals surface area (Å²) in [6.07, 6.45) is 7.18. The van der Waals surface area contributed by atoms with Gasteiger partial charge in [-0.1, -0.05) is 48.6 Å². The van der Waals surface area contributed by atoms with Crippen LogP contribution in [0, 0.1) is 20.8 Å². The van der Waals surface area contributed by atoms with E-state index in [1.807, 2.05) is 19.1 Å². The molecule has 2 saturated heterocycles. The second-order valence-electron chi connectivity index (χ2n) is 13.7. The van der Waals surface area contributed by atoms with Gasteiger partial charge >= 0.3 is 0 Å². The summed E-state index contributed by atoms with van der Waals surface area (Å²) in [6, 6.07) is 18.2. The third-order valence-electron chi connectivity index (χ3n) is 10.3. The van der Waals surface area contributed by atoms with Crippen LogP contribution < -0.4 is 14.8 Å². The summed E-state index contributed by atoms with van der Waals surface area (Å²) in [4.78, 5) is 33.1. The minimum absolute atomic E-state index is 0.109. The average Bonchev–Trinajstić information content (AvgIpc) is 3.77. The van der Waals surface area contributed by atoms with Crippen molar-refractivity contribution in [1.82, 2.24) is 14.8 Å². The first-order valence-corrected chi connectivity index (χ1v) is 17.8. The second-order valence-corrected chi connectivity index (χ2v) is 13.7. The van der Waals surface area contributed by atoms with E-state index in [0.717, 1.165) is 88.3 Å². The van der Waals surface area contributed by atoms with Crippen LogP contribution in [0.2, 0.25) is 0 Å². The standard InChI is InChI=1S/C42H48N4O6/c1-27-18-32(22-45-16-14-34(48)24-45)40(50-4)19-31(27)13-12-30-8-6-9-36(28(30)2)37-10-7-11-38(29(37)3)44-42(49)39-20-41(51-5)33(21-43-39)23-46-17-15-35(25-46)52-26-47/h6-13,18-21,26,34-35,48H,14-17,22-25H2,1-5H3,(H,44,49)/b13-12+/t34-,35-/m1/s1. The number of aliphatic hydroxyl groups excluding tert-OH is 1. The fraction of sp³-hybridized carbons (Fsp3) is 0.357. The molecule has 6 rings (SSSR count). The Morgan fingerprint density at radius 1 is 0.865 bits per heavy atom. The van der Waals surface area contributed by atoms with Gasteiger partial charge in [-0.3, -0.25) is 24.4 Å². The van der Waals surface area contributed by atoms with Crippen LogP contribution in [0.15, 0.2) is 60.8 Å². The lowest BCUT2D eigenvalue weighted by Gasteiger charge is -2.19. The number of nitrogens with zero attached hydrogens (tertiary/aromatic N) is 3. The largest absolute Gasteiger partial charge is 0.496 e. The van der Waals surface area contributed by atoms with Gasteiger partial charge in [0, 0.05) is 68.3 Å². The van der Waals surface area contributed by atoms with Gasteiger partial charge in [0.05, 0.1) is 20.3 Å². The van der Waals surface area contributed by atoms with Crippen molar-refractivity contribution in [3.05, 3.63) is 105 Å². The Kier molecular flexibility index (Phi) is 11.7. The molecule has 52 heavy (non-hydrogen) atoms. The van der Waals surface area contributed by atoms with E-state index in [1.165, 1.54) is 0 Å². The Labute approximate surface area is 306 Å². The first-order chi connectivity index (χ1) is 25.2. The zero-order chi connectivity index (χ0) is 36.8. The molecular weight excluding hydrogens is 656 g/mol. The Morgan fingerprint density at radius 2 is 1.54 bits per heavy atom. The summed E-state index contributed by atoms with van der Waals surface area (Å²) in [6.45, 7) is 11.1. The summed E-state index contributed by atoms with van der Waals surface area (Å²) >= 11 is 0. The molecule has 0 bridgehead atoms. The number of aryl methyl sites for hydroxylation is 1. The van der Waals surface area contributed by atoms with Gasteiger partial charge in [-0.25, -0.2) is 0 Å². The number of nitrogens with one attached hydrogen (secondary N) is 1. The highest BCUT2D eigenvalue weighted by atomic mass is 16.5. The van der Waals surface area contributed by atoms with E-state index < -0.39 is 0 Å². The fourth-order valence-corrected chi connectivity index (χ4v) is 7.28. The number of anilines is 1. The number of pyridine rings is 1. The molecule has 2 aliphatic rings. The second kappa shape index (κ2) is 16.5. The number of rotatable bonds is 13. The Balaban J connectivity index is 1.17. The molecule has 2 atom stereocenters. The number of hydrogen-bond donors (Lipinski definition) is 2. The SMILES string of the molecule is COc1cc(/C=C/c2cccc(-c3cccc(NC(=O)c4cc(OC)c(CN5CC[C@@H](OC=O)C5)cn4)c3C)c2C)c(C)cc1CN1CC[C@@H](O)C1. The lowest BCUT2D eigenvalue weighted by Crippen LogP contribution is -2.23. The first kappa shape index (κ1) is 36.8. The highest BCUT2D eigenvalue weighted by Crippen LogP contribution is 2.34. The molecule has 0 spiro atoms. The highest BCUT2D eigenvalue weighted by Gasteiger charge is 2.25. The number of hydrogen-bond acceptors (Lipinski definition) is 9. The summed E-state index contributed by atoms with van der Waals surface area (Å²) in [5.74, 6) is 1.10. The van der Waals surface area contributed by atoms with Crippen molar-refractivity contribution in [1.29, 1.82) is 0 Å². The van der Waals surface area contributed by atoms with Crippen LogP contribution in [0.1, 0.15) is 62.3 Å². The molecule has 0 unspecified atom stereocenters. The maximum Gasteiger partial charge on any atom is 0.293 e. The van der Waals surface area contributed by atoms with Gasteiger partial charge in [0.2, 0.25) is 0 Å². The molecule has 0 aliphatic carbocycles. The molecule has 0 radical (unpaired) electrons. The predicted octanol–water partition coefficient (Wildman–Crippen LogP) is 6.43. The Morgan fingerprint density at radius 3 is 2.27 bits per heavy atom. The molecule has 2 N–H and O–H groups in total. The van der Waals surface area contributed by atoms with Crippen LogP contribution in [0.3, 0.4) is 0 Å². The van der Waals surface area contributed by atoms with E-state index >= 15 is 0 Å². The van der Waals surface area contributed by atoms with Crippen LogP contribution in [0.25, 0.3) is 23.3 Å². The number of amides is 1. The van der Waals surface area contributed by atoms with Crippen LogP contribution in [0.4, 0.5) is 5.69 Å². The normalized spacial score (nSPS) is 17.8. The lowest BCUT2D eigenvalue weighted by atomic mass is 9.92. The minimum Gasteiger partial charge on any atom is -0.496 e. The fourth-order valence-electron chi connectivity index (χ4n) is 7.28. The van der Waals surface area contributed by atoms with E-state index in [1.54, 1.807) is 26.5 Å². The molecule has 1 aromatic heterocycles. The molecule has 272 valence electrons. The molecular formula is C42H48N4O6. The summed E-state index contributed by atoms with van der Waals surface area (Å²) < 4.78 is 16.5. The van der Waals surface area contributed by atoms with Crippen LogP contribution in [-0.4, -0.2) is 84.9 Å². The van der Waals surface area contributed by atoms with Crippen molar-refractivity contribution in [2.24, 2.45) is 0 Å². The summed E-state index contributed by atoms with van der Waals surface area (Å²) in [5, 5.41) is 13.0. The molecule has 2 aliphatic heterocycles. The van der Waals surface area contributed by atoms with Crippen molar-refractivity contribution in [3.8, 4) is 22.6 Å². The minimum atomic E-state index is -0.325. The molecule has 3 heterocycles. The van der Waals surface area contributed by atoms with Gasteiger partial charge in [-0.05, 0) is 84.7 Å². The van der Waals surface area contributed by atoms with Gasteiger partial charge in [0.15, 0.2) is 0 Å².